The van der Waals surface area contributed by atoms with Gasteiger partial charge in [-0.2, -0.15) is 4.98 Å². The van der Waals surface area contributed by atoms with Crippen molar-refractivity contribution < 1.29 is 22.8 Å². The quantitative estimate of drug-likeness (QED) is 0.433. The normalized spacial score (nSPS) is 12.7. The number of para-hydroxylation sites is 1. The molecule has 9 nitrogen and oxygen atoms in total. The summed E-state index contributed by atoms with van der Waals surface area (Å²) >= 11 is 6.12. The first-order valence-electron chi connectivity index (χ1n) is 8.33. The minimum atomic E-state index is -3.43. The summed E-state index contributed by atoms with van der Waals surface area (Å²) < 4.78 is 28.8. The van der Waals surface area contributed by atoms with Crippen molar-refractivity contribution in [2.75, 3.05) is 6.26 Å². The van der Waals surface area contributed by atoms with Crippen LogP contribution in [0.4, 0.5) is 5.69 Å². The number of nitrogens with two attached hydrogens (primary N) is 1. The van der Waals surface area contributed by atoms with Crippen molar-refractivity contribution in [1.29, 1.82) is 0 Å². The minimum absolute atomic E-state index is 0.00253. The van der Waals surface area contributed by atoms with Gasteiger partial charge in [-0.05, 0) is 36.4 Å². The van der Waals surface area contributed by atoms with Gasteiger partial charge >= 0.3 is 5.97 Å². The second kappa shape index (κ2) is 8.47. The van der Waals surface area contributed by atoms with Gasteiger partial charge in [-0.15, -0.1) is 0 Å². The molecule has 0 saturated carbocycles. The molecule has 0 aliphatic carbocycles. The topological polar surface area (TPSA) is 149 Å². The molecule has 0 spiro atoms. The highest BCUT2D eigenvalue weighted by molar-refractivity contribution is 7.90. The largest absolute Gasteiger partial charge is 0.477 e. The number of allylic oxidation sites excluding steroid dienone is 1. The summed E-state index contributed by atoms with van der Waals surface area (Å²) in [6.07, 6.45) is 2.16. The molecule has 1 heterocycles. The molecular weight excluding hydrogens is 432 g/mol. The Labute approximate surface area is 176 Å². The summed E-state index contributed by atoms with van der Waals surface area (Å²) in [6, 6.07) is 12.6. The third kappa shape index (κ3) is 4.91. The van der Waals surface area contributed by atoms with E-state index in [0.717, 1.165) is 12.3 Å². The smallest absolute Gasteiger partial charge is 0.351 e. The summed E-state index contributed by atoms with van der Waals surface area (Å²) in [5.74, 6) is -1.39. The zero-order chi connectivity index (χ0) is 21.9. The maximum Gasteiger partial charge on any atom is 0.351 e. The van der Waals surface area contributed by atoms with Crippen molar-refractivity contribution in [3.63, 3.8) is 0 Å². The summed E-state index contributed by atoms with van der Waals surface area (Å²) in [7, 11) is -3.43. The molecule has 0 aliphatic heterocycles. The number of carboxylic acid groups (broad SMARTS) is 1. The number of aliphatic imine (C=N–C) groups is 1. The summed E-state index contributed by atoms with van der Waals surface area (Å²) in [4.78, 5) is 19.7. The highest BCUT2D eigenvalue weighted by Gasteiger charge is 2.17. The van der Waals surface area contributed by atoms with E-state index in [0.29, 0.717) is 16.3 Å². The van der Waals surface area contributed by atoms with E-state index < -0.39 is 21.5 Å². The third-order valence-corrected chi connectivity index (χ3v) is 5.23. The molecule has 0 atom stereocenters. The van der Waals surface area contributed by atoms with Crippen molar-refractivity contribution in [3.05, 3.63) is 71.2 Å². The number of rotatable bonds is 6. The molecule has 0 unspecified atom stereocenters. The Morgan fingerprint density at radius 3 is 2.63 bits per heavy atom. The Balaban J connectivity index is 2.09. The van der Waals surface area contributed by atoms with Crippen LogP contribution in [0.1, 0.15) is 5.82 Å². The molecule has 154 valence electrons. The van der Waals surface area contributed by atoms with Gasteiger partial charge in [0.2, 0.25) is 5.82 Å². The van der Waals surface area contributed by atoms with E-state index in [-0.39, 0.29) is 22.3 Å². The lowest BCUT2D eigenvalue weighted by molar-refractivity contribution is -0.132. The lowest BCUT2D eigenvalue weighted by Gasteiger charge is -2.01. The fourth-order valence-electron chi connectivity index (χ4n) is 2.33. The molecule has 2 aromatic carbocycles. The Morgan fingerprint density at radius 1 is 1.23 bits per heavy atom. The van der Waals surface area contributed by atoms with E-state index in [4.69, 9.17) is 27.0 Å². The monoisotopic (exact) mass is 446 g/mol. The lowest BCUT2D eigenvalue weighted by Crippen LogP contribution is -2.13. The maximum absolute atomic E-state index is 11.8. The van der Waals surface area contributed by atoms with Gasteiger partial charge < -0.3 is 15.4 Å². The lowest BCUT2D eigenvalue weighted by atomic mass is 10.2. The van der Waals surface area contributed by atoms with Gasteiger partial charge in [0.25, 0.3) is 5.89 Å². The molecule has 0 radical (unpaired) electrons. The summed E-state index contributed by atoms with van der Waals surface area (Å²) in [6.45, 7) is 0. The molecule has 3 aromatic rings. The number of nitrogens with zero attached hydrogens (tertiary/aromatic N) is 3. The van der Waals surface area contributed by atoms with Crippen molar-refractivity contribution in [1.82, 2.24) is 10.1 Å². The molecule has 3 N–H and O–H groups in total. The molecule has 30 heavy (non-hydrogen) atoms. The van der Waals surface area contributed by atoms with Gasteiger partial charge in [-0.25, -0.2) is 18.2 Å². The summed E-state index contributed by atoms with van der Waals surface area (Å²) in [5, 5.41) is 13.2. The Hall–Kier alpha value is -3.50. The van der Waals surface area contributed by atoms with Crippen LogP contribution in [0, 0.1) is 0 Å². The number of benzene rings is 2. The zero-order valence-corrected chi connectivity index (χ0v) is 17.1. The molecule has 3 rings (SSSR count). The predicted octanol–water partition coefficient (Wildman–Crippen LogP) is 2.84. The van der Waals surface area contributed by atoms with Gasteiger partial charge in [0, 0.05) is 11.8 Å². The average Bonchev–Trinajstić information content (AvgIpc) is 3.18. The van der Waals surface area contributed by atoms with E-state index >= 15 is 0 Å². The third-order valence-electron chi connectivity index (χ3n) is 3.80. The fraction of sp³-hybridized carbons (Fsp3) is 0.0526. The molecule has 11 heteroatoms. The van der Waals surface area contributed by atoms with Crippen LogP contribution in [-0.4, -0.2) is 41.6 Å². The number of carboxylic acids is 1. The number of aliphatic carboxylic acids is 1. The van der Waals surface area contributed by atoms with Gasteiger partial charge in [0.15, 0.2) is 9.84 Å². The Kier molecular flexibility index (Phi) is 5.99. The highest BCUT2D eigenvalue weighted by Crippen LogP contribution is 2.26. The van der Waals surface area contributed by atoms with Crippen molar-refractivity contribution in [2.24, 2.45) is 10.7 Å². The van der Waals surface area contributed by atoms with E-state index in [1.54, 1.807) is 30.3 Å². The van der Waals surface area contributed by atoms with E-state index in [2.05, 4.69) is 15.1 Å². The molecule has 0 bridgehead atoms. The van der Waals surface area contributed by atoms with Crippen LogP contribution in [0.2, 0.25) is 5.02 Å². The van der Waals surface area contributed by atoms with Gasteiger partial charge in [-0.3, -0.25) is 0 Å². The van der Waals surface area contributed by atoms with E-state index in [1.807, 2.05) is 0 Å². The molecule has 0 aliphatic rings. The number of carbonyl (C=O) groups is 1. The van der Waals surface area contributed by atoms with Gasteiger partial charge in [0.05, 0.1) is 15.6 Å². The van der Waals surface area contributed by atoms with Crippen LogP contribution in [0.5, 0.6) is 0 Å². The molecule has 0 fully saturated rings. The fourth-order valence-corrected chi connectivity index (χ4v) is 3.18. The van der Waals surface area contributed by atoms with Crippen molar-refractivity contribution in [3.8, 4) is 11.5 Å². The first-order valence-corrected chi connectivity index (χ1v) is 10.6. The second-order valence-corrected chi connectivity index (χ2v) is 8.50. The zero-order valence-electron chi connectivity index (χ0n) is 15.5. The number of halogens is 1. The Morgan fingerprint density at radius 2 is 1.97 bits per heavy atom. The number of hydrogen-bond acceptors (Lipinski definition) is 8. The number of hydrogen-bond donors (Lipinski definition) is 2. The van der Waals surface area contributed by atoms with Crippen LogP contribution in [-0.2, 0) is 14.6 Å². The first-order chi connectivity index (χ1) is 14.1. The molecule has 0 amide bonds. The minimum Gasteiger partial charge on any atom is -0.477 e. The Bertz CT molecular complexity index is 1280. The average molecular weight is 447 g/mol. The van der Waals surface area contributed by atoms with Gasteiger partial charge in [0.1, 0.15) is 11.4 Å². The predicted molar refractivity (Wildman–Crippen MR) is 110 cm³/mol. The maximum atomic E-state index is 11.8. The molecular formula is C19H15ClN4O5S. The summed E-state index contributed by atoms with van der Waals surface area (Å²) in [5.41, 5.74) is 5.74. The second-order valence-electron chi connectivity index (χ2n) is 6.08. The standard InChI is InChI=1S/C19H15ClN4O5S/c1-30(27,28)12-6-4-5-11(9-12)18-23-17(24-29-18)16(10-14(21)19(25)26)22-15-8-3-2-7-13(15)20/h2-10H,21H2,1H3,(H,25,26). The van der Waals surface area contributed by atoms with Crippen molar-refractivity contribution in [2.45, 2.75) is 4.90 Å². The highest BCUT2D eigenvalue weighted by atomic mass is 35.5. The first kappa shape index (κ1) is 21.2. The SMILES string of the molecule is CS(=O)(=O)c1cccc(-c2nc(C(C=C(N)C(=O)O)=Nc3ccccc3Cl)no2)c1. The number of sulfone groups is 1. The van der Waals surface area contributed by atoms with Gasteiger partial charge in [-0.1, -0.05) is 35.0 Å². The van der Waals surface area contributed by atoms with Crippen LogP contribution < -0.4 is 5.73 Å². The van der Waals surface area contributed by atoms with Crippen LogP contribution in [0.15, 0.2) is 74.7 Å². The van der Waals surface area contributed by atoms with E-state index in [1.165, 1.54) is 18.2 Å². The molecule has 0 saturated heterocycles. The number of aromatic nitrogens is 2. The van der Waals surface area contributed by atoms with Crippen LogP contribution in [0.3, 0.4) is 0 Å². The molecule has 1 aromatic heterocycles. The van der Waals surface area contributed by atoms with Crippen LogP contribution in [0.25, 0.3) is 11.5 Å². The van der Waals surface area contributed by atoms with E-state index in [9.17, 15) is 13.2 Å². The van der Waals surface area contributed by atoms with Crippen molar-refractivity contribution >= 4 is 38.8 Å². The van der Waals surface area contributed by atoms with Crippen LogP contribution >= 0.6 is 11.6 Å².